The Bertz CT molecular complexity index is 626. The van der Waals surface area contributed by atoms with Crippen molar-refractivity contribution < 1.29 is 54.9 Å². The number of alkyl halides is 8. The lowest BCUT2D eigenvalue weighted by molar-refractivity contribution is -0.339. The van der Waals surface area contributed by atoms with Crippen LogP contribution in [-0.2, 0) is 9.59 Å². The van der Waals surface area contributed by atoms with Gasteiger partial charge in [0.05, 0.1) is 11.9 Å². The quantitative estimate of drug-likeness (QED) is 0.280. The summed E-state index contributed by atoms with van der Waals surface area (Å²) in [5.74, 6) is -24.1. The van der Waals surface area contributed by atoms with Gasteiger partial charge in [0.2, 0.25) is 0 Å². The first kappa shape index (κ1) is 26.3. The van der Waals surface area contributed by atoms with Crippen LogP contribution in [-0.4, -0.2) is 44.2 Å². The van der Waals surface area contributed by atoms with E-state index in [1.165, 1.54) is 0 Å². The number of halogens is 8. The molecule has 0 heterocycles. The number of carboxylic acids is 2. The second-order valence-corrected chi connectivity index (χ2v) is 12.9. The summed E-state index contributed by atoms with van der Waals surface area (Å²) in [7, 11) is -1.78. The van der Waals surface area contributed by atoms with Gasteiger partial charge in [-0.25, -0.2) is 8.78 Å². The first-order chi connectivity index (χ1) is 12.3. The molecule has 0 saturated heterocycles. The Morgan fingerprint density at radius 3 is 1.64 bits per heavy atom. The summed E-state index contributed by atoms with van der Waals surface area (Å²) in [5, 5.41) is 22.1. The number of rotatable bonds is 11. The first-order valence-electron chi connectivity index (χ1n) is 7.84. The van der Waals surface area contributed by atoms with Gasteiger partial charge in [-0.15, -0.1) is 0 Å². The fourth-order valence-electron chi connectivity index (χ4n) is 2.19. The average Bonchev–Trinajstić information content (AvgIpc) is 2.47. The number of hydrogen-bond donors (Lipinski definition) is 0. The summed E-state index contributed by atoms with van der Waals surface area (Å²) in [6, 6.07) is 0.389. The van der Waals surface area contributed by atoms with Crippen LogP contribution in [0.15, 0.2) is 11.1 Å². The predicted octanol–water partition coefficient (Wildman–Crippen LogP) is 2.46. The molecule has 13 heteroatoms. The van der Waals surface area contributed by atoms with Crippen LogP contribution < -0.4 is 10.2 Å². The fourth-order valence-corrected chi connectivity index (χ4v) is 3.43. The van der Waals surface area contributed by atoms with Gasteiger partial charge in [0, 0.05) is 14.5 Å². The van der Waals surface area contributed by atoms with Crippen molar-refractivity contribution in [2.24, 2.45) is 0 Å². The highest BCUT2D eigenvalue weighted by molar-refractivity contribution is 6.76. The second kappa shape index (κ2) is 8.78. The van der Waals surface area contributed by atoms with E-state index in [2.05, 4.69) is 0 Å². The molecule has 0 aromatic rings. The Hall–Kier alpha value is -1.66. The molecule has 0 spiro atoms. The van der Waals surface area contributed by atoms with E-state index >= 15 is 0 Å². The van der Waals surface area contributed by atoms with Crippen molar-refractivity contribution in [2.75, 3.05) is 0 Å². The fraction of sp³-hybridized carbons (Fsp3) is 0.733. The third kappa shape index (κ3) is 6.17. The highest BCUT2D eigenvalue weighted by atomic mass is 28.3. The third-order valence-electron chi connectivity index (χ3n) is 3.76. The summed E-state index contributed by atoms with van der Waals surface area (Å²) < 4.78 is 104. The van der Waals surface area contributed by atoms with E-state index in [1.807, 2.05) is 19.6 Å². The Morgan fingerprint density at radius 1 is 0.893 bits per heavy atom. The molecule has 0 atom stereocenters. The number of carboxylic acid groups (broad SMARTS) is 2. The van der Waals surface area contributed by atoms with Crippen LogP contribution >= 0.6 is 0 Å². The number of carbonyl (C=O) groups excluding carboxylic acids is 2. The maximum atomic E-state index is 13.7. The molecule has 164 valence electrons. The third-order valence-corrected chi connectivity index (χ3v) is 5.62. The maximum Gasteiger partial charge on any atom is 0.378 e. The molecule has 0 aromatic carbocycles. The molecule has 0 saturated carbocycles. The van der Waals surface area contributed by atoms with E-state index in [-0.39, 0.29) is 6.42 Å². The van der Waals surface area contributed by atoms with E-state index in [9.17, 15) is 54.9 Å². The standard InChI is InChI=1S/C15H20F8O4Si/c1-28(2,3)6-4-5-8(10(24)25)9(11(26)27)7-13(18,19)15(22,23)14(20,21)12(16)17/h12H,4-7H2,1-3H3,(H,24,25)(H,26,27)/p-2/b9-8+. The lowest BCUT2D eigenvalue weighted by atomic mass is 9.93. The molecule has 0 aliphatic carbocycles. The van der Waals surface area contributed by atoms with Crippen LogP contribution in [0.4, 0.5) is 35.1 Å². The molecule has 4 nitrogen and oxygen atoms in total. The zero-order valence-electron chi connectivity index (χ0n) is 15.1. The molecule has 0 amide bonds. The molecular formula is C15H18F8O4Si-2. The lowest BCUT2D eigenvalue weighted by Gasteiger charge is -2.33. The van der Waals surface area contributed by atoms with Gasteiger partial charge in [-0.1, -0.05) is 32.1 Å². The molecule has 0 bridgehead atoms. The Kier molecular flexibility index (Phi) is 8.26. The normalized spacial score (nSPS) is 14.9. The van der Waals surface area contributed by atoms with Crippen LogP contribution in [0.2, 0.25) is 25.7 Å². The molecule has 0 unspecified atom stereocenters. The van der Waals surface area contributed by atoms with Crippen LogP contribution in [0, 0.1) is 0 Å². The topological polar surface area (TPSA) is 80.3 Å². The smallest absolute Gasteiger partial charge is 0.378 e. The molecule has 28 heavy (non-hydrogen) atoms. The zero-order chi connectivity index (χ0) is 22.7. The van der Waals surface area contributed by atoms with Gasteiger partial charge in [0.15, 0.2) is 0 Å². The van der Waals surface area contributed by atoms with Gasteiger partial charge in [-0.3, -0.25) is 0 Å². The van der Waals surface area contributed by atoms with E-state index in [0.29, 0.717) is 6.04 Å². The minimum Gasteiger partial charge on any atom is -0.545 e. The van der Waals surface area contributed by atoms with E-state index < -0.39 is 68.2 Å². The van der Waals surface area contributed by atoms with Gasteiger partial charge in [0.25, 0.3) is 0 Å². The van der Waals surface area contributed by atoms with Crippen molar-refractivity contribution in [2.45, 2.75) is 69.1 Å². The van der Waals surface area contributed by atoms with Crippen molar-refractivity contribution >= 4 is 20.0 Å². The summed E-state index contributed by atoms with van der Waals surface area (Å²) in [6.45, 7) is 5.53. The van der Waals surface area contributed by atoms with Gasteiger partial charge in [-0.2, -0.15) is 26.3 Å². The molecule has 0 aliphatic heterocycles. The Balaban J connectivity index is 6.03. The van der Waals surface area contributed by atoms with Crippen LogP contribution in [0.3, 0.4) is 0 Å². The van der Waals surface area contributed by atoms with E-state index in [1.54, 1.807) is 0 Å². The van der Waals surface area contributed by atoms with Crippen molar-refractivity contribution in [3.63, 3.8) is 0 Å². The van der Waals surface area contributed by atoms with Gasteiger partial charge in [-0.05, 0) is 17.6 Å². The average molecular weight is 442 g/mol. The highest BCUT2D eigenvalue weighted by Crippen LogP contribution is 2.51. The summed E-state index contributed by atoms with van der Waals surface area (Å²) >= 11 is 0. The number of carbonyl (C=O) groups is 2. The largest absolute Gasteiger partial charge is 0.545 e. The molecule has 0 fully saturated rings. The van der Waals surface area contributed by atoms with Gasteiger partial charge >= 0.3 is 24.2 Å². The van der Waals surface area contributed by atoms with Crippen molar-refractivity contribution in [3.05, 3.63) is 11.1 Å². The highest BCUT2D eigenvalue weighted by Gasteiger charge is 2.75. The summed E-state index contributed by atoms with van der Waals surface area (Å²) in [6.07, 6.45) is -8.66. The number of hydrogen-bond acceptors (Lipinski definition) is 4. The predicted molar refractivity (Wildman–Crippen MR) is 79.9 cm³/mol. The molecule has 0 N–H and O–H groups in total. The second-order valence-electron chi connectivity index (χ2n) is 7.33. The molecular weight excluding hydrogens is 424 g/mol. The SMILES string of the molecule is C[Si](C)(C)CCC/C(C(=O)[O-])=C(/CC(F)(F)C(F)(F)C(F)(F)C(F)F)C(=O)[O-]. The number of aliphatic carboxylic acids is 2. The minimum absolute atomic E-state index is 0.0367. The maximum absolute atomic E-state index is 13.7. The molecule has 0 aromatic heterocycles. The lowest BCUT2D eigenvalue weighted by Crippen LogP contribution is -2.58. The van der Waals surface area contributed by atoms with Crippen molar-refractivity contribution in [1.82, 2.24) is 0 Å². The Morgan fingerprint density at radius 2 is 1.32 bits per heavy atom. The van der Waals surface area contributed by atoms with Crippen molar-refractivity contribution in [3.8, 4) is 0 Å². The van der Waals surface area contributed by atoms with Gasteiger partial charge in [0.1, 0.15) is 0 Å². The van der Waals surface area contributed by atoms with Crippen molar-refractivity contribution in [1.29, 1.82) is 0 Å². The van der Waals surface area contributed by atoms with Crippen LogP contribution in [0.1, 0.15) is 19.3 Å². The van der Waals surface area contributed by atoms with E-state index in [0.717, 1.165) is 0 Å². The summed E-state index contributed by atoms with van der Waals surface area (Å²) in [5.41, 5.74) is -3.25. The molecule has 0 radical (unpaired) electrons. The molecule has 0 rings (SSSR count). The van der Waals surface area contributed by atoms with Crippen LogP contribution in [0.25, 0.3) is 0 Å². The first-order valence-corrected chi connectivity index (χ1v) is 11.5. The zero-order valence-corrected chi connectivity index (χ0v) is 16.1. The van der Waals surface area contributed by atoms with E-state index in [4.69, 9.17) is 0 Å². The molecule has 0 aliphatic rings. The summed E-state index contributed by atoms with van der Waals surface area (Å²) in [4.78, 5) is 22.1. The monoisotopic (exact) mass is 442 g/mol. The van der Waals surface area contributed by atoms with Crippen LogP contribution in [0.5, 0.6) is 0 Å². The Labute approximate surface area is 156 Å². The minimum atomic E-state index is -6.66. The van der Waals surface area contributed by atoms with Gasteiger partial charge < -0.3 is 19.8 Å².